The van der Waals surface area contributed by atoms with E-state index < -0.39 is 14.9 Å². The Kier molecular flexibility index (Phi) is 5.56. The molecule has 0 N–H and O–H groups in total. The van der Waals surface area contributed by atoms with Gasteiger partial charge in [0, 0.05) is 25.2 Å². The number of hydrogen-bond donors (Lipinski definition) is 0. The van der Waals surface area contributed by atoms with E-state index in [4.69, 9.17) is 11.6 Å². The topological polar surface area (TPSA) is 97.6 Å². The summed E-state index contributed by atoms with van der Waals surface area (Å²) < 4.78 is 26.2. The van der Waals surface area contributed by atoms with Gasteiger partial charge in [-0.3, -0.25) is 14.9 Å². The molecule has 0 amide bonds. The van der Waals surface area contributed by atoms with Crippen LogP contribution >= 0.6 is 11.6 Å². The molecule has 25 heavy (non-hydrogen) atoms. The van der Waals surface area contributed by atoms with Crippen molar-refractivity contribution in [2.45, 2.75) is 18.4 Å². The minimum absolute atomic E-state index is 0.0147. The Labute approximate surface area is 150 Å². The first kappa shape index (κ1) is 19.0. The summed E-state index contributed by atoms with van der Waals surface area (Å²) in [6.07, 6.45) is 0. The third-order valence-electron chi connectivity index (χ3n) is 3.58. The van der Waals surface area contributed by atoms with Gasteiger partial charge in [0.1, 0.15) is 5.02 Å². The summed E-state index contributed by atoms with van der Waals surface area (Å²) in [6.45, 7) is 1.33. The number of nitro groups is 1. The van der Waals surface area contributed by atoms with Crippen LogP contribution in [0.15, 0.2) is 47.4 Å². The third kappa shape index (κ3) is 4.22. The molecule has 0 bridgehead atoms. The minimum Gasteiger partial charge on any atom is -0.295 e. The number of hydrogen-bond acceptors (Lipinski definition) is 5. The molecule has 0 saturated carbocycles. The molecule has 132 valence electrons. The van der Waals surface area contributed by atoms with Crippen molar-refractivity contribution in [2.24, 2.45) is 0 Å². The minimum atomic E-state index is -3.80. The van der Waals surface area contributed by atoms with Gasteiger partial charge in [0.05, 0.1) is 9.82 Å². The molecule has 0 aliphatic carbocycles. The largest absolute Gasteiger partial charge is 0.295 e. The van der Waals surface area contributed by atoms with Crippen molar-refractivity contribution in [1.29, 1.82) is 0 Å². The smallest absolute Gasteiger partial charge is 0.288 e. The second-order valence-electron chi connectivity index (χ2n) is 5.38. The van der Waals surface area contributed by atoms with Gasteiger partial charge in [0.25, 0.3) is 5.69 Å². The molecule has 2 aromatic carbocycles. The highest BCUT2D eigenvalue weighted by atomic mass is 35.5. The highest BCUT2D eigenvalue weighted by Crippen LogP contribution is 2.26. The second-order valence-corrected chi connectivity index (χ2v) is 7.84. The van der Waals surface area contributed by atoms with Crippen molar-refractivity contribution < 1.29 is 18.1 Å². The Bertz CT molecular complexity index is 926. The Morgan fingerprint density at radius 2 is 1.80 bits per heavy atom. The number of Topliss-reactive ketones (excluding diaryl/α,β-unsaturated/α-hetero) is 1. The molecule has 0 atom stereocenters. The highest BCUT2D eigenvalue weighted by molar-refractivity contribution is 7.89. The van der Waals surface area contributed by atoms with Crippen LogP contribution in [0.2, 0.25) is 5.02 Å². The third-order valence-corrected chi connectivity index (χ3v) is 5.72. The van der Waals surface area contributed by atoms with Gasteiger partial charge >= 0.3 is 0 Å². The van der Waals surface area contributed by atoms with Crippen LogP contribution in [0.25, 0.3) is 0 Å². The number of rotatable bonds is 6. The summed E-state index contributed by atoms with van der Waals surface area (Å²) in [5.41, 5.74) is 0.563. The number of nitro benzene ring substituents is 1. The van der Waals surface area contributed by atoms with E-state index in [9.17, 15) is 23.3 Å². The average Bonchev–Trinajstić information content (AvgIpc) is 2.56. The summed E-state index contributed by atoms with van der Waals surface area (Å²) >= 11 is 5.75. The first-order valence-electron chi connectivity index (χ1n) is 7.13. The van der Waals surface area contributed by atoms with Gasteiger partial charge in [-0.15, -0.1) is 0 Å². The van der Waals surface area contributed by atoms with E-state index in [0.717, 1.165) is 4.31 Å². The number of ketones is 1. The molecule has 0 heterocycles. The van der Waals surface area contributed by atoms with Gasteiger partial charge in [0.2, 0.25) is 10.0 Å². The molecule has 0 fully saturated rings. The fourth-order valence-corrected chi connectivity index (χ4v) is 3.53. The molecule has 0 aliphatic rings. The molecule has 0 spiro atoms. The van der Waals surface area contributed by atoms with Gasteiger partial charge in [0.15, 0.2) is 5.78 Å². The fraction of sp³-hybridized carbons (Fsp3) is 0.188. The van der Waals surface area contributed by atoms with Crippen molar-refractivity contribution in [3.05, 3.63) is 68.7 Å². The zero-order valence-corrected chi connectivity index (χ0v) is 15.0. The van der Waals surface area contributed by atoms with Gasteiger partial charge in [-0.1, -0.05) is 29.8 Å². The van der Waals surface area contributed by atoms with E-state index in [0.29, 0.717) is 11.1 Å². The first-order chi connectivity index (χ1) is 11.6. The van der Waals surface area contributed by atoms with E-state index in [1.165, 1.54) is 56.4 Å². The van der Waals surface area contributed by atoms with Crippen LogP contribution in [0.5, 0.6) is 0 Å². The van der Waals surface area contributed by atoms with Gasteiger partial charge in [-0.2, -0.15) is 4.31 Å². The lowest BCUT2D eigenvalue weighted by Crippen LogP contribution is -2.26. The summed E-state index contributed by atoms with van der Waals surface area (Å²) in [5.74, 6) is -0.161. The molecule has 2 aromatic rings. The van der Waals surface area contributed by atoms with Gasteiger partial charge in [-0.25, -0.2) is 8.42 Å². The average molecular weight is 383 g/mol. The van der Waals surface area contributed by atoms with Crippen molar-refractivity contribution in [2.75, 3.05) is 7.05 Å². The normalized spacial score (nSPS) is 11.5. The molecule has 0 radical (unpaired) electrons. The molecule has 9 heteroatoms. The van der Waals surface area contributed by atoms with E-state index in [1.54, 1.807) is 0 Å². The molecular weight excluding hydrogens is 368 g/mol. The first-order valence-corrected chi connectivity index (χ1v) is 8.95. The van der Waals surface area contributed by atoms with Crippen LogP contribution in [0.4, 0.5) is 5.69 Å². The molecule has 0 saturated heterocycles. The Morgan fingerprint density at radius 3 is 2.32 bits per heavy atom. The van der Waals surface area contributed by atoms with Crippen molar-refractivity contribution in [3.8, 4) is 0 Å². The molecule has 0 unspecified atom stereocenters. The van der Waals surface area contributed by atoms with Crippen molar-refractivity contribution >= 4 is 33.1 Å². The number of halogens is 1. The lowest BCUT2D eigenvalue weighted by molar-refractivity contribution is -0.384. The lowest BCUT2D eigenvalue weighted by Gasteiger charge is -2.17. The van der Waals surface area contributed by atoms with Crippen LogP contribution in [-0.4, -0.2) is 30.5 Å². The summed E-state index contributed by atoms with van der Waals surface area (Å²) in [4.78, 5) is 21.6. The monoisotopic (exact) mass is 382 g/mol. The molecular formula is C16H15ClN2O5S. The summed E-state index contributed by atoms with van der Waals surface area (Å²) in [5, 5.41) is 10.9. The van der Waals surface area contributed by atoms with Crippen LogP contribution < -0.4 is 0 Å². The predicted octanol–water partition coefficient (Wildman–Crippen LogP) is 3.27. The zero-order chi connectivity index (χ0) is 18.8. The number of benzene rings is 2. The Balaban J connectivity index is 2.27. The molecule has 2 rings (SSSR count). The second kappa shape index (κ2) is 7.30. The zero-order valence-electron chi connectivity index (χ0n) is 13.5. The predicted molar refractivity (Wildman–Crippen MR) is 93.2 cm³/mol. The van der Waals surface area contributed by atoms with Crippen molar-refractivity contribution in [3.63, 3.8) is 0 Å². The lowest BCUT2D eigenvalue weighted by atomic mass is 10.2. The quantitative estimate of drug-likeness (QED) is 0.434. The number of carbonyl (C=O) groups excluding carboxylic acids is 1. The van der Waals surface area contributed by atoms with Crippen LogP contribution in [-0.2, 0) is 16.6 Å². The van der Waals surface area contributed by atoms with Gasteiger partial charge in [-0.05, 0) is 30.7 Å². The van der Waals surface area contributed by atoms with Crippen LogP contribution in [0, 0.1) is 10.1 Å². The van der Waals surface area contributed by atoms with Crippen LogP contribution in [0.1, 0.15) is 22.8 Å². The van der Waals surface area contributed by atoms with Crippen molar-refractivity contribution in [1.82, 2.24) is 4.31 Å². The van der Waals surface area contributed by atoms with E-state index in [1.807, 2.05) is 0 Å². The summed E-state index contributed by atoms with van der Waals surface area (Å²) in [7, 11) is -2.43. The molecule has 0 aliphatic heterocycles. The Morgan fingerprint density at radius 1 is 1.20 bits per heavy atom. The molecule has 7 nitrogen and oxygen atoms in total. The standard InChI is InChI=1S/C16H15ClN2O5S/c1-11(20)13-4-6-14(7-5-13)25(23,24)18(2)10-12-3-8-15(17)16(9-12)19(21)22/h3-9H,10H2,1-2H3. The fourth-order valence-electron chi connectivity index (χ4n) is 2.18. The SMILES string of the molecule is CC(=O)c1ccc(S(=O)(=O)N(C)Cc2ccc(Cl)c([N+](=O)[O-])c2)cc1. The number of sulfonamides is 1. The number of carbonyl (C=O) groups is 1. The van der Waals surface area contributed by atoms with Gasteiger partial charge < -0.3 is 0 Å². The Hall–Kier alpha value is -2.29. The summed E-state index contributed by atoms with van der Waals surface area (Å²) in [6, 6.07) is 9.72. The maximum absolute atomic E-state index is 12.6. The number of nitrogens with zero attached hydrogens (tertiary/aromatic N) is 2. The maximum atomic E-state index is 12.6. The highest BCUT2D eigenvalue weighted by Gasteiger charge is 2.22. The van der Waals surface area contributed by atoms with E-state index in [-0.39, 0.29) is 27.9 Å². The van der Waals surface area contributed by atoms with Crippen LogP contribution in [0.3, 0.4) is 0 Å². The van der Waals surface area contributed by atoms with E-state index >= 15 is 0 Å². The molecule has 0 aromatic heterocycles. The maximum Gasteiger partial charge on any atom is 0.288 e. The van der Waals surface area contributed by atoms with E-state index in [2.05, 4.69) is 0 Å².